The van der Waals surface area contributed by atoms with Gasteiger partial charge in [-0.2, -0.15) is 23.5 Å². The van der Waals surface area contributed by atoms with Gasteiger partial charge in [0.05, 0.1) is 19.7 Å². The summed E-state index contributed by atoms with van der Waals surface area (Å²) in [5.41, 5.74) is 4.04. The van der Waals surface area contributed by atoms with E-state index in [-0.39, 0.29) is 10.2 Å². The molecule has 10 heteroatoms. The Kier molecular flexibility index (Phi) is 13.9. The topological polar surface area (TPSA) is 34.1 Å². The van der Waals surface area contributed by atoms with Gasteiger partial charge in [0.15, 0.2) is 0 Å². The van der Waals surface area contributed by atoms with Crippen LogP contribution in [-0.4, -0.2) is 64.4 Å². The van der Waals surface area contributed by atoms with Crippen LogP contribution in [0.25, 0.3) is 0 Å². The van der Waals surface area contributed by atoms with Gasteiger partial charge in [0.2, 0.25) is 10.2 Å². The molecule has 2 nitrogen and oxygen atoms in total. The van der Waals surface area contributed by atoms with Crippen LogP contribution in [0, 0.1) is 0 Å². The van der Waals surface area contributed by atoms with Crippen molar-refractivity contribution >= 4 is 104 Å². The summed E-state index contributed by atoms with van der Waals surface area (Å²) in [5, 5.41) is 2.62. The summed E-state index contributed by atoms with van der Waals surface area (Å²) in [5.74, 6) is 2.17. The van der Waals surface area contributed by atoms with E-state index in [0.717, 1.165) is 11.5 Å². The van der Waals surface area contributed by atoms with Gasteiger partial charge in [-0.05, 0) is 48.6 Å². The maximum absolute atomic E-state index is 12.1. The first-order valence-corrected chi connectivity index (χ1v) is 20.8. The lowest BCUT2D eigenvalue weighted by Gasteiger charge is -2.25. The van der Waals surface area contributed by atoms with Crippen LogP contribution in [0.1, 0.15) is 49.3 Å². The van der Waals surface area contributed by atoms with Crippen molar-refractivity contribution in [3.63, 3.8) is 0 Å². The van der Waals surface area contributed by atoms with E-state index >= 15 is 0 Å². The van der Waals surface area contributed by atoms with Gasteiger partial charge in [-0.1, -0.05) is 74.8 Å². The molecule has 0 radical (unpaired) electrons. The van der Waals surface area contributed by atoms with Gasteiger partial charge in [0.25, 0.3) is 0 Å². The monoisotopic (exact) mass is 662 g/mol. The third-order valence-electron chi connectivity index (χ3n) is 6.39. The highest BCUT2D eigenvalue weighted by atomic mass is 32.2. The number of carbonyl (C=O) groups is 2. The van der Waals surface area contributed by atoms with Crippen LogP contribution in [-0.2, 0) is 9.59 Å². The molecule has 0 N–H and O–H groups in total. The highest BCUT2D eigenvalue weighted by molar-refractivity contribution is 8.23. The summed E-state index contributed by atoms with van der Waals surface area (Å²) in [6, 6.07) is 9.34. The Balaban J connectivity index is 1.61. The molecule has 0 aromatic heterocycles. The van der Waals surface area contributed by atoms with Crippen molar-refractivity contribution in [1.82, 2.24) is 0 Å². The molecule has 0 bridgehead atoms. The zero-order valence-electron chi connectivity index (χ0n) is 22.8. The van der Waals surface area contributed by atoms with Crippen LogP contribution >= 0.6 is 94.1 Å². The molecule has 2 fully saturated rings. The third kappa shape index (κ3) is 8.92. The lowest BCUT2D eigenvalue weighted by atomic mass is 10.1. The lowest BCUT2D eigenvalue weighted by molar-refractivity contribution is -0.108. The first-order chi connectivity index (χ1) is 18.0. The average Bonchev–Trinajstić information content (AvgIpc) is 3.56. The van der Waals surface area contributed by atoms with Crippen LogP contribution in [0.5, 0.6) is 0 Å². The predicted octanol–water partition coefficient (Wildman–Crippen LogP) is 9.29. The average molecular weight is 663 g/mol. The maximum Gasteiger partial charge on any atom is 0.214 e. The minimum absolute atomic E-state index is 0.116. The minimum Gasteiger partial charge on any atom is -0.282 e. The van der Waals surface area contributed by atoms with Crippen LogP contribution < -0.4 is 0 Å². The Morgan fingerprint density at radius 3 is 1.39 bits per heavy atom. The lowest BCUT2D eigenvalue weighted by Crippen LogP contribution is -2.19. The first kappa shape index (κ1) is 33.3. The molecule has 3 rings (SSSR count). The van der Waals surface area contributed by atoms with Crippen LogP contribution in [0.4, 0.5) is 0 Å². The molecule has 210 valence electrons. The largest absolute Gasteiger partial charge is 0.282 e. The zero-order chi connectivity index (χ0) is 28.0. The Bertz CT molecular complexity index is 918. The molecule has 1 aromatic rings. The van der Waals surface area contributed by atoms with Crippen molar-refractivity contribution in [2.45, 2.75) is 68.4 Å². The number of thioether (sulfide) groups is 8. The van der Waals surface area contributed by atoms with Crippen molar-refractivity contribution in [3.05, 3.63) is 59.7 Å². The van der Waals surface area contributed by atoms with Crippen LogP contribution in [0.3, 0.4) is 0 Å². The van der Waals surface area contributed by atoms with E-state index < -0.39 is 0 Å². The maximum atomic E-state index is 12.1. The van der Waals surface area contributed by atoms with Gasteiger partial charge in [0, 0.05) is 32.5 Å². The summed E-state index contributed by atoms with van der Waals surface area (Å²) in [7, 11) is 0. The second kappa shape index (κ2) is 15.9. The normalized spacial score (nSPS) is 26.5. The highest BCUT2D eigenvalue weighted by Crippen LogP contribution is 2.53. The fourth-order valence-electron chi connectivity index (χ4n) is 4.07. The Hall–Kier alpha value is 0.840. The van der Waals surface area contributed by atoms with E-state index in [4.69, 9.17) is 0 Å². The summed E-state index contributed by atoms with van der Waals surface area (Å²) < 4.78 is 0.977. The first-order valence-electron chi connectivity index (χ1n) is 12.5. The van der Waals surface area contributed by atoms with Gasteiger partial charge >= 0.3 is 0 Å². The van der Waals surface area contributed by atoms with E-state index in [1.54, 1.807) is 13.8 Å². The summed E-state index contributed by atoms with van der Waals surface area (Å²) in [6.07, 6.45) is 4.43. The molecule has 0 saturated carbocycles. The summed E-state index contributed by atoms with van der Waals surface area (Å²) in [6.45, 7) is 15.6. The Morgan fingerprint density at radius 2 is 1.11 bits per heavy atom. The van der Waals surface area contributed by atoms with Crippen LogP contribution in [0.2, 0.25) is 0 Å². The highest BCUT2D eigenvalue weighted by Gasteiger charge is 2.38. The standard InChI is InChI=1S/C28H38O2S8/c1-15(2)25(29)35-17(5)21-13-33-27(37-21)23(31-7)19-9-11-20(12-10-19)24(32-8)28-34-14-22(38-28)18(6)36-26(30)16(3)4/h9-12,17-18,21-24,27-28H,1,3,13-14H2,2,4-8H3. The van der Waals surface area contributed by atoms with E-state index in [2.05, 4.69) is 63.8 Å². The number of rotatable bonds is 12. The molecule has 2 saturated heterocycles. The molecule has 2 heterocycles. The quantitative estimate of drug-likeness (QED) is 0.202. The summed E-state index contributed by atoms with van der Waals surface area (Å²) >= 11 is 14.9. The molecule has 38 heavy (non-hydrogen) atoms. The van der Waals surface area contributed by atoms with Gasteiger partial charge < -0.3 is 0 Å². The van der Waals surface area contributed by atoms with E-state index in [0.29, 0.717) is 51.8 Å². The SMILES string of the molecule is C=C(C)C(=O)SC(C)C1CSC(C(SC)c2ccc(C(SC)C3SCC(C(C)SC(=O)C(=C)C)S3)cc2)S1. The van der Waals surface area contributed by atoms with Crippen molar-refractivity contribution in [2.24, 2.45) is 0 Å². The van der Waals surface area contributed by atoms with Gasteiger partial charge in [-0.25, -0.2) is 0 Å². The fourth-order valence-corrected chi connectivity index (χ4v) is 16.9. The number of hydrogen-bond acceptors (Lipinski definition) is 10. The molecule has 8 unspecified atom stereocenters. The predicted molar refractivity (Wildman–Crippen MR) is 188 cm³/mol. The van der Waals surface area contributed by atoms with Crippen molar-refractivity contribution in [1.29, 1.82) is 0 Å². The smallest absolute Gasteiger partial charge is 0.214 e. The van der Waals surface area contributed by atoms with Gasteiger partial charge in [-0.3, -0.25) is 9.59 Å². The van der Waals surface area contributed by atoms with Crippen molar-refractivity contribution in [2.75, 3.05) is 24.0 Å². The Labute approximate surface area is 263 Å². The third-order valence-corrected chi connectivity index (χ3v) is 19.2. The van der Waals surface area contributed by atoms with Gasteiger partial charge in [0.1, 0.15) is 0 Å². The molecular formula is C28H38O2S8. The summed E-state index contributed by atoms with van der Waals surface area (Å²) in [4.78, 5) is 24.3. The zero-order valence-corrected chi connectivity index (χ0v) is 29.4. The second-order valence-electron chi connectivity index (χ2n) is 9.51. The molecule has 8 atom stereocenters. The molecule has 2 aliphatic heterocycles. The molecule has 1 aromatic carbocycles. The van der Waals surface area contributed by atoms with E-state index in [1.165, 1.54) is 34.7 Å². The minimum atomic E-state index is 0.116. The molecule has 0 aliphatic carbocycles. The number of benzene rings is 1. The van der Waals surface area contributed by atoms with E-state index in [9.17, 15) is 9.59 Å². The molecule has 0 spiro atoms. The second-order valence-corrected chi connectivity index (χ2v) is 19.9. The Morgan fingerprint density at radius 1 is 0.763 bits per heavy atom. The van der Waals surface area contributed by atoms with E-state index in [1.807, 2.05) is 70.6 Å². The molecular weight excluding hydrogens is 625 g/mol. The number of hydrogen-bond donors (Lipinski definition) is 0. The van der Waals surface area contributed by atoms with Gasteiger partial charge in [-0.15, -0.1) is 47.0 Å². The fraction of sp³-hybridized carbons (Fsp3) is 0.571. The van der Waals surface area contributed by atoms with Crippen LogP contribution in [0.15, 0.2) is 48.6 Å². The van der Waals surface area contributed by atoms with Crippen molar-refractivity contribution in [3.8, 4) is 0 Å². The van der Waals surface area contributed by atoms with Crippen molar-refractivity contribution < 1.29 is 9.59 Å². The number of carbonyl (C=O) groups excluding carboxylic acids is 2. The molecule has 0 amide bonds. The molecule has 2 aliphatic rings.